The van der Waals surface area contributed by atoms with Crippen molar-refractivity contribution in [1.29, 1.82) is 0 Å². The number of hydrogen-bond donors (Lipinski definition) is 3. The summed E-state index contributed by atoms with van der Waals surface area (Å²) in [5.41, 5.74) is -4.51. The number of sulfonamides is 1. The first-order valence-electron chi connectivity index (χ1n) is 19.9. The number of nitrogens with one attached hydrogen (secondary N) is 3. The molecule has 6 rings (SSSR count). The second kappa shape index (κ2) is 16.6. The van der Waals surface area contributed by atoms with E-state index in [0.29, 0.717) is 75.5 Å². The number of fused-ring (bicyclic) bond motifs is 3. The molecule has 58 heavy (non-hydrogen) atoms. The molecule has 1 saturated heterocycles. The number of nitrogens with zero attached hydrogens (tertiary/aromatic N) is 2. The van der Waals surface area contributed by atoms with Crippen molar-refractivity contribution in [1.82, 2.24) is 25.2 Å². The van der Waals surface area contributed by atoms with Gasteiger partial charge in [-0.3, -0.25) is 19.1 Å². The van der Waals surface area contributed by atoms with Gasteiger partial charge in [-0.2, -0.15) is 13.2 Å². The summed E-state index contributed by atoms with van der Waals surface area (Å²) in [6.07, 6.45) is 0.684. The smallest absolute Gasteiger partial charge is 0.427 e. The molecule has 1 aromatic heterocycles. The maximum Gasteiger partial charge on any atom is 0.427 e. The van der Waals surface area contributed by atoms with Crippen LogP contribution in [0.4, 0.5) is 18.0 Å². The number of aromatic nitrogens is 1. The van der Waals surface area contributed by atoms with Crippen LogP contribution >= 0.6 is 0 Å². The molecule has 4 amide bonds. The number of pyridine rings is 1. The van der Waals surface area contributed by atoms with Gasteiger partial charge in [0.1, 0.15) is 29.5 Å². The average molecular weight is 836 g/mol. The van der Waals surface area contributed by atoms with Gasteiger partial charge in [-0.15, -0.1) is 0 Å². The Hall–Kier alpha value is -4.61. The van der Waals surface area contributed by atoms with E-state index in [1.54, 1.807) is 25.1 Å². The van der Waals surface area contributed by atoms with Crippen LogP contribution in [-0.2, 0) is 29.1 Å². The summed E-state index contributed by atoms with van der Waals surface area (Å²) >= 11 is 0. The van der Waals surface area contributed by atoms with Gasteiger partial charge in [-0.1, -0.05) is 50.6 Å². The van der Waals surface area contributed by atoms with Gasteiger partial charge < -0.3 is 29.7 Å². The fourth-order valence-electron chi connectivity index (χ4n) is 7.83. The first-order valence-corrected chi connectivity index (χ1v) is 21.4. The fourth-order valence-corrected chi connectivity index (χ4v) is 9.19. The van der Waals surface area contributed by atoms with Crippen LogP contribution in [0.2, 0.25) is 0 Å². The van der Waals surface area contributed by atoms with Crippen molar-refractivity contribution in [2.75, 3.05) is 13.2 Å². The molecule has 2 aliphatic heterocycles. The SMILES string of the molecule is CCOc1cnc(O[C@@H]2C[C@H]3C(=O)NC4(C(=O)NS(=O)(=O)C5CC5)C[C@H]4/C=C\CC[C@H](C)C[C@@H](CC)[C@H](NC(=O)OC(C)(C)C(F)(F)F)C(=O)N3C2)c2ccccc12. The van der Waals surface area contributed by atoms with Gasteiger partial charge in [0.15, 0.2) is 0 Å². The number of amides is 4. The minimum atomic E-state index is -4.91. The predicted molar refractivity (Wildman–Crippen MR) is 206 cm³/mol. The monoisotopic (exact) mass is 835 g/mol. The summed E-state index contributed by atoms with van der Waals surface area (Å²) in [6, 6.07) is 4.50. The second-order valence-electron chi connectivity index (χ2n) is 16.4. The third-order valence-corrected chi connectivity index (χ3v) is 13.4. The lowest BCUT2D eigenvalue weighted by molar-refractivity contribution is -0.244. The number of carbonyl (C=O) groups excluding carboxylic acids is 4. The van der Waals surface area contributed by atoms with Crippen LogP contribution in [0, 0.1) is 17.8 Å². The van der Waals surface area contributed by atoms with E-state index >= 15 is 0 Å². The zero-order valence-corrected chi connectivity index (χ0v) is 34.1. The molecule has 318 valence electrons. The Balaban J connectivity index is 1.37. The number of allylic oxidation sites excluding steroid dienone is 1. The van der Waals surface area contributed by atoms with E-state index in [-0.39, 0.29) is 31.2 Å². The fraction of sp³-hybridized carbons (Fsp3) is 0.625. The van der Waals surface area contributed by atoms with Crippen LogP contribution in [0.15, 0.2) is 42.6 Å². The maximum atomic E-state index is 14.9. The Labute approximate surface area is 336 Å². The van der Waals surface area contributed by atoms with Gasteiger partial charge >= 0.3 is 12.3 Å². The van der Waals surface area contributed by atoms with E-state index in [4.69, 9.17) is 14.2 Å². The molecule has 4 aliphatic rings. The van der Waals surface area contributed by atoms with Gasteiger partial charge in [0, 0.05) is 23.1 Å². The molecule has 2 saturated carbocycles. The van der Waals surface area contributed by atoms with Gasteiger partial charge in [0.25, 0.3) is 5.91 Å². The summed E-state index contributed by atoms with van der Waals surface area (Å²) in [6.45, 7) is 7.18. The van der Waals surface area contributed by atoms with Crippen LogP contribution in [-0.4, -0.2) is 96.0 Å². The zero-order valence-electron chi connectivity index (χ0n) is 33.3. The first kappa shape index (κ1) is 43.0. The highest BCUT2D eigenvalue weighted by Gasteiger charge is 2.62. The van der Waals surface area contributed by atoms with Crippen molar-refractivity contribution in [3.8, 4) is 11.6 Å². The zero-order chi connectivity index (χ0) is 42.2. The highest BCUT2D eigenvalue weighted by atomic mass is 32.2. The predicted octanol–water partition coefficient (Wildman–Crippen LogP) is 5.30. The van der Waals surface area contributed by atoms with E-state index in [9.17, 15) is 40.8 Å². The largest absolute Gasteiger partial charge is 0.492 e. The third-order valence-electron chi connectivity index (χ3n) is 11.6. The second-order valence-corrected chi connectivity index (χ2v) is 18.3. The summed E-state index contributed by atoms with van der Waals surface area (Å²) < 4.78 is 86.3. The molecule has 0 radical (unpaired) electrons. The lowest BCUT2D eigenvalue weighted by Gasteiger charge is -2.35. The molecular weight excluding hydrogens is 784 g/mol. The number of halogens is 3. The van der Waals surface area contributed by atoms with Crippen LogP contribution in [0.3, 0.4) is 0 Å². The molecule has 0 bridgehead atoms. The number of carbonyl (C=O) groups is 4. The Morgan fingerprint density at radius 1 is 1.07 bits per heavy atom. The number of rotatable bonds is 10. The van der Waals surface area contributed by atoms with E-state index in [2.05, 4.69) is 20.3 Å². The molecule has 2 aliphatic carbocycles. The topological polar surface area (TPSA) is 182 Å². The van der Waals surface area contributed by atoms with Crippen LogP contribution in [0.5, 0.6) is 11.6 Å². The highest BCUT2D eigenvalue weighted by Crippen LogP contribution is 2.46. The van der Waals surface area contributed by atoms with Gasteiger partial charge in [0.05, 0.1) is 24.6 Å². The normalized spacial score (nSPS) is 28.9. The van der Waals surface area contributed by atoms with Crippen molar-refractivity contribution in [2.24, 2.45) is 17.8 Å². The molecule has 2 aromatic rings. The Morgan fingerprint density at radius 2 is 1.78 bits per heavy atom. The molecule has 3 heterocycles. The molecule has 3 N–H and O–H groups in total. The van der Waals surface area contributed by atoms with Crippen molar-refractivity contribution in [3.05, 3.63) is 42.6 Å². The molecule has 7 atom stereocenters. The van der Waals surface area contributed by atoms with Gasteiger partial charge in [-0.25, -0.2) is 18.2 Å². The van der Waals surface area contributed by atoms with Crippen LogP contribution < -0.4 is 24.8 Å². The van der Waals surface area contributed by atoms with Crippen molar-refractivity contribution in [2.45, 2.75) is 127 Å². The number of benzene rings is 1. The third kappa shape index (κ3) is 9.15. The highest BCUT2D eigenvalue weighted by molar-refractivity contribution is 7.91. The van der Waals surface area contributed by atoms with Crippen molar-refractivity contribution in [3.63, 3.8) is 0 Å². The standard InChI is InChI=1S/C40H52F3N5O9S/c1-6-24-18-23(3)12-8-9-13-25-20-39(25,36(51)47-58(53,54)27-16-17-27)46-33(49)30-19-26(56-34-29-15-11-10-14-28(29)31(21-44-34)55-7-2)22-48(30)35(50)32(24)45-37(52)57-38(4,5)40(41,42)43/h9-11,13-15,21,23-27,30,32H,6-8,12,16-20,22H2,1-5H3,(H,45,52)(H,46,49)(H,47,51)/b13-9-/t23-,24+,25+,26+,30-,32-,39?/m0/s1. The Kier molecular flexibility index (Phi) is 12.3. The quantitative estimate of drug-likeness (QED) is 0.266. The van der Waals surface area contributed by atoms with Gasteiger partial charge in [-0.05, 0) is 77.2 Å². The van der Waals surface area contributed by atoms with E-state index < -0.39 is 86.4 Å². The Bertz CT molecular complexity index is 2040. The van der Waals surface area contributed by atoms with Crippen molar-refractivity contribution >= 4 is 44.6 Å². The van der Waals surface area contributed by atoms with Crippen LogP contribution in [0.25, 0.3) is 10.8 Å². The number of alkyl carbamates (subject to hydrolysis) is 1. The van der Waals surface area contributed by atoms with Gasteiger partial charge in [0.2, 0.25) is 33.3 Å². The minimum absolute atomic E-state index is 0.0281. The summed E-state index contributed by atoms with van der Waals surface area (Å²) in [4.78, 5) is 62.1. The molecular formula is C40H52F3N5O9S. The average Bonchev–Trinajstić information content (AvgIpc) is 4.08. The first-order chi connectivity index (χ1) is 27.3. The van der Waals surface area contributed by atoms with Crippen molar-refractivity contribution < 1.29 is 55.0 Å². The lowest BCUT2D eigenvalue weighted by atomic mass is 9.85. The Morgan fingerprint density at radius 3 is 2.43 bits per heavy atom. The molecule has 3 fully saturated rings. The molecule has 18 heteroatoms. The molecule has 1 aromatic carbocycles. The lowest BCUT2D eigenvalue weighted by Crippen LogP contribution is -2.59. The summed E-state index contributed by atoms with van der Waals surface area (Å²) in [7, 11) is -3.98. The van der Waals surface area contributed by atoms with E-state index in [0.717, 1.165) is 0 Å². The minimum Gasteiger partial charge on any atom is -0.492 e. The summed E-state index contributed by atoms with van der Waals surface area (Å²) in [5, 5.41) is 5.85. The van der Waals surface area contributed by atoms with E-state index in [1.165, 1.54) is 11.1 Å². The number of ether oxygens (including phenoxy) is 3. The molecule has 0 spiro atoms. The molecule has 1 unspecified atom stereocenters. The van der Waals surface area contributed by atoms with Crippen LogP contribution in [0.1, 0.15) is 86.0 Å². The van der Waals surface area contributed by atoms with E-state index in [1.807, 2.05) is 32.1 Å². The molecule has 14 nitrogen and oxygen atoms in total. The summed E-state index contributed by atoms with van der Waals surface area (Å²) in [5.74, 6) is -2.84. The maximum absolute atomic E-state index is 14.9. The number of alkyl halides is 3. The number of hydrogen-bond acceptors (Lipinski definition) is 10.